The molecule has 0 aliphatic heterocycles. The molecule has 1 N–H and O–H groups in total. The summed E-state index contributed by atoms with van der Waals surface area (Å²) in [6.07, 6.45) is 11.1. The van der Waals surface area contributed by atoms with Gasteiger partial charge in [-0.1, -0.05) is 0 Å². The SMILES string of the molecule is C[C@@H](Cc1cnccn1)Nc1nc(-c2cccnc2)nc2c1cnn2C. The van der Waals surface area contributed by atoms with E-state index < -0.39 is 0 Å². The lowest BCUT2D eigenvalue weighted by atomic mass is 10.2. The van der Waals surface area contributed by atoms with Crippen molar-refractivity contribution in [1.82, 2.24) is 34.7 Å². The first-order valence-electron chi connectivity index (χ1n) is 8.32. The Morgan fingerprint density at radius 1 is 1.08 bits per heavy atom. The Kier molecular flexibility index (Phi) is 4.22. The van der Waals surface area contributed by atoms with Gasteiger partial charge in [-0.05, 0) is 19.1 Å². The molecule has 26 heavy (non-hydrogen) atoms. The van der Waals surface area contributed by atoms with Crippen molar-refractivity contribution in [2.45, 2.75) is 19.4 Å². The zero-order valence-corrected chi connectivity index (χ0v) is 14.5. The van der Waals surface area contributed by atoms with E-state index >= 15 is 0 Å². The molecule has 0 radical (unpaired) electrons. The molecule has 0 aliphatic carbocycles. The molecule has 0 fully saturated rings. The zero-order chi connectivity index (χ0) is 17.9. The molecular weight excluding hydrogens is 328 g/mol. The van der Waals surface area contributed by atoms with Crippen molar-refractivity contribution in [3.63, 3.8) is 0 Å². The third-order valence-corrected chi connectivity index (χ3v) is 4.03. The highest BCUT2D eigenvalue weighted by molar-refractivity contribution is 5.88. The first-order valence-corrected chi connectivity index (χ1v) is 8.32. The van der Waals surface area contributed by atoms with Crippen LogP contribution in [0.3, 0.4) is 0 Å². The summed E-state index contributed by atoms with van der Waals surface area (Å²) in [5.41, 5.74) is 2.56. The van der Waals surface area contributed by atoms with Crippen LogP contribution in [-0.4, -0.2) is 40.7 Å². The van der Waals surface area contributed by atoms with E-state index in [1.807, 2.05) is 19.2 Å². The predicted molar refractivity (Wildman–Crippen MR) is 98.4 cm³/mol. The molecule has 4 heterocycles. The number of pyridine rings is 1. The van der Waals surface area contributed by atoms with E-state index in [1.165, 1.54) is 0 Å². The van der Waals surface area contributed by atoms with Crippen LogP contribution in [0.4, 0.5) is 5.82 Å². The zero-order valence-electron chi connectivity index (χ0n) is 14.5. The van der Waals surface area contributed by atoms with Gasteiger partial charge in [0, 0.05) is 56.1 Å². The predicted octanol–water partition coefficient (Wildman–Crippen LogP) is 2.26. The van der Waals surface area contributed by atoms with E-state index in [0.29, 0.717) is 5.82 Å². The van der Waals surface area contributed by atoms with Gasteiger partial charge in [0.25, 0.3) is 0 Å². The molecule has 0 aliphatic rings. The van der Waals surface area contributed by atoms with E-state index in [9.17, 15) is 0 Å². The van der Waals surface area contributed by atoms with Crippen LogP contribution in [0, 0.1) is 0 Å². The van der Waals surface area contributed by atoms with Crippen LogP contribution in [0.15, 0.2) is 49.3 Å². The number of aromatic nitrogens is 7. The molecule has 0 saturated carbocycles. The highest BCUT2D eigenvalue weighted by Crippen LogP contribution is 2.24. The second-order valence-electron chi connectivity index (χ2n) is 6.09. The Hall–Kier alpha value is -3.42. The quantitative estimate of drug-likeness (QED) is 0.592. The van der Waals surface area contributed by atoms with Gasteiger partial charge in [-0.3, -0.25) is 19.6 Å². The lowest BCUT2D eigenvalue weighted by Crippen LogP contribution is -2.20. The average Bonchev–Trinajstić information content (AvgIpc) is 3.04. The number of aryl methyl sites for hydroxylation is 1. The van der Waals surface area contributed by atoms with Crippen LogP contribution < -0.4 is 5.32 Å². The van der Waals surface area contributed by atoms with Crippen molar-refractivity contribution >= 4 is 16.9 Å². The minimum atomic E-state index is 0.117. The van der Waals surface area contributed by atoms with E-state index in [1.54, 1.807) is 41.9 Å². The maximum atomic E-state index is 4.71. The van der Waals surface area contributed by atoms with E-state index in [-0.39, 0.29) is 6.04 Å². The minimum absolute atomic E-state index is 0.117. The molecule has 4 aromatic rings. The van der Waals surface area contributed by atoms with Crippen molar-refractivity contribution in [1.29, 1.82) is 0 Å². The fourth-order valence-electron chi connectivity index (χ4n) is 2.79. The Balaban J connectivity index is 1.69. The van der Waals surface area contributed by atoms with Gasteiger partial charge >= 0.3 is 0 Å². The maximum Gasteiger partial charge on any atom is 0.165 e. The van der Waals surface area contributed by atoms with E-state index in [2.05, 4.69) is 37.3 Å². The lowest BCUT2D eigenvalue weighted by Gasteiger charge is -2.15. The van der Waals surface area contributed by atoms with Gasteiger partial charge in [-0.15, -0.1) is 0 Å². The largest absolute Gasteiger partial charge is 0.366 e. The highest BCUT2D eigenvalue weighted by atomic mass is 15.3. The molecule has 0 bridgehead atoms. The summed E-state index contributed by atoms with van der Waals surface area (Å²) in [4.78, 5) is 22.0. The Bertz CT molecular complexity index is 1010. The summed E-state index contributed by atoms with van der Waals surface area (Å²) in [7, 11) is 1.87. The fraction of sp³-hybridized carbons (Fsp3) is 0.222. The summed E-state index contributed by atoms with van der Waals surface area (Å²) in [6, 6.07) is 3.93. The minimum Gasteiger partial charge on any atom is -0.366 e. The summed E-state index contributed by atoms with van der Waals surface area (Å²) in [6.45, 7) is 2.09. The van der Waals surface area contributed by atoms with Crippen LogP contribution >= 0.6 is 0 Å². The van der Waals surface area contributed by atoms with Crippen LogP contribution in [-0.2, 0) is 13.5 Å². The Labute approximate surface area is 150 Å². The van der Waals surface area contributed by atoms with Crippen LogP contribution in [0.25, 0.3) is 22.4 Å². The lowest BCUT2D eigenvalue weighted by molar-refractivity contribution is 0.761. The first-order chi connectivity index (χ1) is 12.7. The highest BCUT2D eigenvalue weighted by Gasteiger charge is 2.15. The maximum absolute atomic E-state index is 4.71. The van der Waals surface area contributed by atoms with E-state index in [4.69, 9.17) is 4.98 Å². The Morgan fingerprint density at radius 2 is 1.96 bits per heavy atom. The molecule has 130 valence electrons. The molecule has 8 nitrogen and oxygen atoms in total. The van der Waals surface area contributed by atoms with Crippen molar-refractivity contribution in [2.75, 3.05) is 5.32 Å². The number of hydrogen-bond acceptors (Lipinski definition) is 7. The van der Waals surface area contributed by atoms with Gasteiger partial charge in [0.15, 0.2) is 11.5 Å². The monoisotopic (exact) mass is 346 g/mol. The number of nitrogens with one attached hydrogen (secondary N) is 1. The van der Waals surface area contributed by atoms with Gasteiger partial charge in [-0.25, -0.2) is 9.97 Å². The molecule has 0 saturated heterocycles. The molecule has 0 unspecified atom stereocenters. The molecule has 1 atom stereocenters. The second-order valence-corrected chi connectivity index (χ2v) is 6.09. The third-order valence-electron chi connectivity index (χ3n) is 4.03. The molecule has 8 heteroatoms. The van der Waals surface area contributed by atoms with Gasteiger partial charge in [0.1, 0.15) is 5.82 Å². The normalized spacial score (nSPS) is 12.2. The summed E-state index contributed by atoms with van der Waals surface area (Å²) < 4.78 is 1.75. The van der Waals surface area contributed by atoms with Crippen LogP contribution in [0.5, 0.6) is 0 Å². The summed E-state index contributed by atoms with van der Waals surface area (Å²) in [5.74, 6) is 1.36. The van der Waals surface area contributed by atoms with Gasteiger partial charge in [-0.2, -0.15) is 5.10 Å². The molecular formula is C18H18N8. The fourth-order valence-corrected chi connectivity index (χ4v) is 2.79. The number of hydrogen-bond donors (Lipinski definition) is 1. The van der Waals surface area contributed by atoms with Crippen molar-refractivity contribution in [3.05, 3.63) is 55.0 Å². The number of anilines is 1. The Morgan fingerprint density at radius 3 is 2.73 bits per heavy atom. The third kappa shape index (κ3) is 3.21. The number of rotatable bonds is 5. The van der Waals surface area contributed by atoms with Gasteiger partial charge in [0.05, 0.1) is 17.3 Å². The topological polar surface area (TPSA) is 94.3 Å². The van der Waals surface area contributed by atoms with Crippen molar-refractivity contribution in [3.8, 4) is 11.4 Å². The molecule has 0 amide bonds. The van der Waals surface area contributed by atoms with Gasteiger partial charge < -0.3 is 5.32 Å². The summed E-state index contributed by atoms with van der Waals surface area (Å²) >= 11 is 0. The smallest absolute Gasteiger partial charge is 0.165 e. The first kappa shape index (κ1) is 16.1. The number of fused-ring (bicyclic) bond motifs is 1. The summed E-state index contributed by atoms with van der Waals surface area (Å²) in [5, 5.41) is 8.66. The van der Waals surface area contributed by atoms with Crippen LogP contribution in [0.1, 0.15) is 12.6 Å². The van der Waals surface area contributed by atoms with E-state index in [0.717, 1.165) is 34.5 Å². The average molecular weight is 346 g/mol. The molecule has 0 aromatic carbocycles. The van der Waals surface area contributed by atoms with Crippen molar-refractivity contribution in [2.24, 2.45) is 7.05 Å². The standard InChI is InChI=1S/C18H18N8/c1-12(8-14-10-20-6-7-21-14)23-17-15-11-22-26(2)18(15)25-16(24-17)13-4-3-5-19-9-13/h3-7,9-12H,8H2,1-2H3,(H,23,24,25)/t12-/m0/s1. The van der Waals surface area contributed by atoms with Crippen LogP contribution in [0.2, 0.25) is 0 Å². The van der Waals surface area contributed by atoms with Gasteiger partial charge in [0.2, 0.25) is 0 Å². The number of nitrogens with zero attached hydrogens (tertiary/aromatic N) is 7. The molecule has 4 rings (SSSR count). The second kappa shape index (κ2) is 6.83. The van der Waals surface area contributed by atoms with Crippen molar-refractivity contribution < 1.29 is 0 Å². The molecule has 0 spiro atoms. The molecule has 4 aromatic heterocycles.